The van der Waals surface area contributed by atoms with E-state index in [1.165, 1.54) is 0 Å². The van der Waals surface area contributed by atoms with Gasteiger partial charge in [-0.3, -0.25) is 0 Å². The summed E-state index contributed by atoms with van der Waals surface area (Å²) >= 11 is 0. The molecule has 1 aromatic heterocycles. The third-order valence-corrected chi connectivity index (χ3v) is 3.13. The highest BCUT2D eigenvalue weighted by atomic mass is 16.5. The molecule has 0 saturated carbocycles. The van der Waals surface area contributed by atoms with Crippen LogP contribution in [0.15, 0.2) is 18.2 Å². The fourth-order valence-electron chi connectivity index (χ4n) is 2.13. The van der Waals surface area contributed by atoms with Gasteiger partial charge >= 0.3 is 0 Å². The predicted octanol–water partition coefficient (Wildman–Crippen LogP) is 2.05. The molecule has 0 atom stereocenters. The van der Waals surface area contributed by atoms with Crippen molar-refractivity contribution in [3.8, 4) is 11.4 Å². The van der Waals surface area contributed by atoms with Gasteiger partial charge in [-0.1, -0.05) is 0 Å². The Labute approximate surface area is 118 Å². The third kappa shape index (κ3) is 3.14. The molecule has 6 heteroatoms. The van der Waals surface area contributed by atoms with E-state index in [4.69, 9.17) is 10.5 Å². The highest BCUT2D eigenvalue weighted by molar-refractivity contribution is 5.61. The quantitative estimate of drug-likeness (QED) is 0.845. The normalized spacial score (nSPS) is 11.8. The number of nitrogens with zero attached hydrogens (tertiary/aromatic N) is 4. The molecule has 0 spiro atoms. The van der Waals surface area contributed by atoms with E-state index in [2.05, 4.69) is 15.5 Å². The summed E-state index contributed by atoms with van der Waals surface area (Å²) in [5, 5.41) is 11.9. The van der Waals surface area contributed by atoms with Crippen molar-refractivity contribution in [2.75, 3.05) is 12.3 Å². The summed E-state index contributed by atoms with van der Waals surface area (Å²) in [7, 11) is 0. The summed E-state index contributed by atoms with van der Waals surface area (Å²) in [5.41, 5.74) is 8.26. The first-order valence-electron chi connectivity index (χ1n) is 6.69. The van der Waals surface area contributed by atoms with E-state index in [1.807, 2.05) is 45.9 Å². The second-order valence-electron chi connectivity index (χ2n) is 5.42. The number of nitrogens with two attached hydrogens (primary N) is 1. The zero-order valence-corrected chi connectivity index (χ0v) is 12.4. The predicted molar refractivity (Wildman–Crippen MR) is 78.1 cm³/mol. The molecule has 0 saturated heterocycles. The average Bonchev–Trinajstić information content (AvgIpc) is 2.80. The van der Waals surface area contributed by atoms with Crippen LogP contribution in [0.5, 0.6) is 0 Å². The largest absolute Gasteiger partial charge is 0.399 e. The van der Waals surface area contributed by atoms with E-state index < -0.39 is 0 Å². The Morgan fingerprint density at radius 2 is 2.10 bits per heavy atom. The lowest BCUT2D eigenvalue weighted by Gasteiger charge is -2.24. The Morgan fingerprint density at radius 1 is 1.35 bits per heavy atom. The lowest BCUT2D eigenvalue weighted by molar-refractivity contribution is -0.0246. The van der Waals surface area contributed by atoms with Crippen molar-refractivity contribution >= 4 is 5.69 Å². The van der Waals surface area contributed by atoms with Gasteiger partial charge in [0.05, 0.1) is 12.1 Å². The molecule has 0 bridgehead atoms. The molecule has 108 valence electrons. The molecular formula is C14H21N5O. The van der Waals surface area contributed by atoms with E-state index >= 15 is 0 Å². The highest BCUT2D eigenvalue weighted by Crippen LogP contribution is 2.22. The number of ether oxygens (including phenoxy) is 1. The monoisotopic (exact) mass is 275 g/mol. The molecule has 1 aromatic carbocycles. The maximum absolute atomic E-state index is 5.84. The van der Waals surface area contributed by atoms with Gasteiger partial charge in [0.1, 0.15) is 0 Å². The average molecular weight is 275 g/mol. The number of anilines is 1. The molecule has 0 aliphatic carbocycles. The SMILES string of the molecule is CCOC(C)(C)Cn1nnnc1-c1ccc(N)c(C)c1. The molecule has 0 aliphatic rings. The molecule has 0 radical (unpaired) electrons. The summed E-state index contributed by atoms with van der Waals surface area (Å²) in [6, 6.07) is 5.79. The molecule has 6 nitrogen and oxygen atoms in total. The number of hydrogen-bond acceptors (Lipinski definition) is 5. The fraction of sp³-hybridized carbons (Fsp3) is 0.500. The number of aryl methyl sites for hydroxylation is 1. The zero-order valence-electron chi connectivity index (χ0n) is 12.4. The van der Waals surface area contributed by atoms with Crippen LogP contribution in [-0.2, 0) is 11.3 Å². The van der Waals surface area contributed by atoms with E-state index in [0.717, 1.165) is 22.6 Å². The molecule has 2 rings (SSSR count). The first-order valence-corrected chi connectivity index (χ1v) is 6.69. The summed E-state index contributed by atoms with van der Waals surface area (Å²) in [5.74, 6) is 0.723. The minimum Gasteiger partial charge on any atom is -0.399 e. The van der Waals surface area contributed by atoms with Crippen molar-refractivity contribution < 1.29 is 4.74 Å². The van der Waals surface area contributed by atoms with Gasteiger partial charge in [0.2, 0.25) is 0 Å². The van der Waals surface area contributed by atoms with Gasteiger partial charge in [0.25, 0.3) is 0 Å². The van der Waals surface area contributed by atoms with Crippen LogP contribution in [0.4, 0.5) is 5.69 Å². The first kappa shape index (κ1) is 14.5. The number of hydrogen-bond donors (Lipinski definition) is 1. The van der Waals surface area contributed by atoms with E-state index in [1.54, 1.807) is 4.68 Å². The van der Waals surface area contributed by atoms with Crippen LogP contribution >= 0.6 is 0 Å². The molecule has 0 unspecified atom stereocenters. The lowest BCUT2D eigenvalue weighted by atomic mass is 10.1. The molecular weight excluding hydrogens is 254 g/mol. The van der Waals surface area contributed by atoms with Crippen molar-refractivity contribution in [1.82, 2.24) is 20.2 Å². The van der Waals surface area contributed by atoms with Gasteiger partial charge in [0, 0.05) is 17.9 Å². The van der Waals surface area contributed by atoms with Crippen molar-refractivity contribution in [3.63, 3.8) is 0 Å². The van der Waals surface area contributed by atoms with Crippen molar-refractivity contribution in [2.24, 2.45) is 0 Å². The lowest BCUT2D eigenvalue weighted by Crippen LogP contribution is -2.31. The topological polar surface area (TPSA) is 78.8 Å². The van der Waals surface area contributed by atoms with Gasteiger partial charge in [-0.05, 0) is 61.9 Å². The molecule has 2 aromatic rings. The molecule has 2 N–H and O–H groups in total. The van der Waals surface area contributed by atoms with E-state index in [-0.39, 0.29) is 5.60 Å². The minimum absolute atomic E-state index is 0.318. The summed E-state index contributed by atoms with van der Waals surface area (Å²) in [6.45, 7) is 9.24. The highest BCUT2D eigenvalue weighted by Gasteiger charge is 2.22. The van der Waals surface area contributed by atoms with E-state index in [9.17, 15) is 0 Å². The summed E-state index contributed by atoms with van der Waals surface area (Å²) < 4.78 is 7.46. The molecule has 1 heterocycles. The molecule has 0 fully saturated rings. The molecule has 0 aliphatic heterocycles. The van der Waals surface area contributed by atoms with Crippen molar-refractivity contribution in [1.29, 1.82) is 0 Å². The number of nitrogen functional groups attached to an aromatic ring is 1. The van der Waals surface area contributed by atoms with Crippen LogP contribution < -0.4 is 5.73 Å². The standard InChI is InChI=1S/C14H21N5O/c1-5-20-14(3,4)9-19-13(16-17-18-19)11-6-7-12(15)10(2)8-11/h6-8H,5,9,15H2,1-4H3. The van der Waals surface area contributed by atoms with Gasteiger partial charge in [-0.15, -0.1) is 5.10 Å². The summed E-state index contributed by atoms with van der Waals surface area (Å²) in [6.07, 6.45) is 0. The van der Waals surface area contributed by atoms with Crippen LogP contribution in [0.1, 0.15) is 26.3 Å². The Kier molecular flexibility index (Phi) is 4.04. The van der Waals surface area contributed by atoms with Gasteiger partial charge in [-0.2, -0.15) is 0 Å². The van der Waals surface area contributed by atoms with Crippen LogP contribution in [0.3, 0.4) is 0 Å². The van der Waals surface area contributed by atoms with Gasteiger partial charge in [-0.25, -0.2) is 4.68 Å². The molecule has 0 amide bonds. The second-order valence-corrected chi connectivity index (χ2v) is 5.42. The summed E-state index contributed by atoms with van der Waals surface area (Å²) in [4.78, 5) is 0. The van der Waals surface area contributed by atoms with Crippen LogP contribution in [0.25, 0.3) is 11.4 Å². The number of aromatic nitrogens is 4. The fourth-order valence-corrected chi connectivity index (χ4v) is 2.13. The zero-order chi connectivity index (χ0) is 14.8. The Morgan fingerprint density at radius 3 is 2.75 bits per heavy atom. The number of tetrazole rings is 1. The smallest absolute Gasteiger partial charge is 0.182 e. The van der Waals surface area contributed by atoms with E-state index in [0.29, 0.717) is 13.2 Å². The Balaban J connectivity index is 2.30. The minimum atomic E-state index is -0.318. The maximum Gasteiger partial charge on any atom is 0.182 e. The van der Waals surface area contributed by atoms with Gasteiger partial charge < -0.3 is 10.5 Å². The Bertz CT molecular complexity index is 591. The number of rotatable bonds is 5. The molecule has 20 heavy (non-hydrogen) atoms. The second kappa shape index (κ2) is 5.58. The van der Waals surface area contributed by atoms with Crippen LogP contribution in [-0.4, -0.2) is 32.4 Å². The van der Waals surface area contributed by atoms with Gasteiger partial charge in [0.15, 0.2) is 5.82 Å². The first-order chi connectivity index (χ1) is 9.43. The maximum atomic E-state index is 5.84. The van der Waals surface area contributed by atoms with Crippen LogP contribution in [0, 0.1) is 6.92 Å². The number of benzene rings is 1. The Hall–Kier alpha value is -1.95. The van der Waals surface area contributed by atoms with Crippen molar-refractivity contribution in [2.45, 2.75) is 39.8 Å². The third-order valence-electron chi connectivity index (χ3n) is 3.13. The van der Waals surface area contributed by atoms with Crippen molar-refractivity contribution in [3.05, 3.63) is 23.8 Å². The van der Waals surface area contributed by atoms with Crippen LogP contribution in [0.2, 0.25) is 0 Å².